The molecule has 1 fully saturated rings. The molecule has 0 aliphatic carbocycles. The SMILES string of the molecule is C=C(C(=O)OCC1O[C@@H](O)C(O)C(O)[C@@H]1O)[C@@H](O)CO. The molecule has 0 aromatic heterocycles. The number of esters is 1. The summed E-state index contributed by atoms with van der Waals surface area (Å²) in [6.07, 6.45) is -9.37. The fraction of sp³-hybridized carbons (Fsp3) is 0.727. The number of aliphatic hydroxyl groups is 6. The van der Waals surface area contributed by atoms with Gasteiger partial charge in [-0.15, -0.1) is 0 Å². The highest BCUT2D eigenvalue weighted by molar-refractivity contribution is 5.88. The monoisotopic (exact) mass is 294 g/mol. The van der Waals surface area contributed by atoms with E-state index >= 15 is 0 Å². The van der Waals surface area contributed by atoms with Crippen molar-refractivity contribution < 1.29 is 44.9 Å². The second-order valence-electron chi connectivity index (χ2n) is 4.36. The van der Waals surface area contributed by atoms with E-state index in [0.29, 0.717) is 0 Å². The standard InChI is InChI=1S/C11H18O9/c1-4(5(13)2-12)10(17)19-3-6-7(14)8(15)9(16)11(18)20-6/h5-9,11-16,18H,1-3H2/t5-,6?,7+,8?,9?,11+/m0/s1. The summed E-state index contributed by atoms with van der Waals surface area (Å²) < 4.78 is 9.45. The first kappa shape index (κ1) is 17.0. The molecule has 1 aliphatic rings. The second-order valence-corrected chi connectivity index (χ2v) is 4.36. The van der Waals surface area contributed by atoms with Crippen LogP contribution in [-0.4, -0.2) is 86.6 Å². The van der Waals surface area contributed by atoms with E-state index in [4.69, 9.17) is 14.9 Å². The molecule has 6 N–H and O–H groups in total. The third kappa shape index (κ3) is 3.73. The van der Waals surface area contributed by atoms with Gasteiger partial charge < -0.3 is 40.1 Å². The van der Waals surface area contributed by atoms with Crippen LogP contribution >= 0.6 is 0 Å². The Hall–Kier alpha value is -1.07. The molecule has 9 nitrogen and oxygen atoms in total. The summed E-state index contributed by atoms with van der Waals surface area (Å²) in [5.41, 5.74) is -0.390. The summed E-state index contributed by atoms with van der Waals surface area (Å²) in [5.74, 6) is -1.03. The molecule has 0 aromatic carbocycles. The van der Waals surface area contributed by atoms with Gasteiger partial charge in [-0.2, -0.15) is 0 Å². The predicted molar refractivity (Wildman–Crippen MR) is 62.1 cm³/mol. The van der Waals surface area contributed by atoms with Gasteiger partial charge in [-0.05, 0) is 0 Å². The van der Waals surface area contributed by atoms with Crippen LogP contribution in [0.2, 0.25) is 0 Å². The van der Waals surface area contributed by atoms with Crippen LogP contribution < -0.4 is 0 Å². The zero-order chi connectivity index (χ0) is 15.4. The van der Waals surface area contributed by atoms with Gasteiger partial charge in [-0.1, -0.05) is 6.58 Å². The molecule has 9 heteroatoms. The average molecular weight is 294 g/mol. The summed E-state index contributed by atoms with van der Waals surface area (Å²) in [4.78, 5) is 11.4. The van der Waals surface area contributed by atoms with Crippen molar-refractivity contribution in [2.75, 3.05) is 13.2 Å². The van der Waals surface area contributed by atoms with Crippen LogP contribution in [0.3, 0.4) is 0 Å². The van der Waals surface area contributed by atoms with Crippen LogP contribution in [-0.2, 0) is 14.3 Å². The third-order valence-electron chi connectivity index (χ3n) is 2.90. The van der Waals surface area contributed by atoms with Crippen molar-refractivity contribution in [3.8, 4) is 0 Å². The van der Waals surface area contributed by atoms with Crippen molar-refractivity contribution in [3.63, 3.8) is 0 Å². The van der Waals surface area contributed by atoms with Gasteiger partial charge >= 0.3 is 5.97 Å². The highest BCUT2D eigenvalue weighted by atomic mass is 16.6. The molecule has 0 radical (unpaired) electrons. The molecule has 0 saturated carbocycles. The van der Waals surface area contributed by atoms with E-state index in [0.717, 1.165) is 0 Å². The molecule has 0 spiro atoms. The summed E-state index contributed by atoms with van der Waals surface area (Å²) in [6, 6.07) is 0. The lowest BCUT2D eigenvalue weighted by Crippen LogP contribution is -2.58. The van der Waals surface area contributed by atoms with Crippen LogP contribution in [0.25, 0.3) is 0 Å². The van der Waals surface area contributed by atoms with Crippen molar-refractivity contribution in [1.82, 2.24) is 0 Å². The normalized spacial score (nSPS) is 35.4. The van der Waals surface area contributed by atoms with E-state index in [1.54, 1.807) is 0 Å². The molecule has 0 bridgehead atoms. The maximum absolute atomic E-state index is 11.4. The Balaban J connectivity index is 2.53. The van der Waals surface area contributed by atoms with Gasteiger partial charge in [-0.25, -0.2) is 4.79 Å². The minimum atomic E-state index is -1.73. The first-order valence-electron chi connectivity index (χ1n) is 5.82. The van der Waals surface area contributed by atoms with Crippen molar-refractivity contribution in [2.45, 2.75) is 36.8 Å². The van der Waals surface area contributed by atoms with Gasteiger partial charge in [0.25, 0.3) is 0 Å². The van der Waals surface area contributed by atoms with Gasteiger partial charge in [0.05, 0.1) is 12.2 Å². The van der Waals surface area contributed by atoms with Gasteiger partial charge in [0.2, 0.25) is 0 Å². The van der Waals surface area contributed by atoms with E-state index in [9.17, 15) is 25.2 Å². The van der Waals surface area contributed by atoms with Crippen LogP contribution in [0.15, 0.2) is 12.2 Å². The minimum absolute atomic E-state index is 0.390. The zero-order valence-electron chi connectivity index (χ0n) is 10.5. The first-order valence-corrected chi connectivity index (χ1v) is 5.82. The lowest BCUT2D eigenvalue weighted by molar-refractivity contribution is -0.287. The number of rotatable bonds is 5. The Morgan fingerprint density at radius 2 is 1.80 bits per heavy atom. The number of hydrogen-bond donors (Lipinski definition) is 6. The molecular formula is C11H18O9. The maximum Gasteiger partial charge on any atom is 0.336 e. The summed E-state index contributed by atoms with van der Waals surface area (Å²) in [5, 5.41) is 55.3. The lowest BCUT2D eigenvalue weighted by atomic mass is 9.99. The molecular weight excluding hydrogens is 276 g/mol. The molecule has 1 heterocycles. The van der Waals surface area contributed by atoms with Gasteiger partial charge in [0.15, 0.2) is 6.29 Å². The molecule has 1 rings (SSSR count). The first-order chi connectivity index (χ1) is 9.29. The Bertz CT molecular complexity index is 358. The lowest BCUT2D eigenvalue weighted by Gasteiger charge is -2.37. The number of carbonyl (C=O) groups is 1. The summed E-state index contributed by atoms with van der Waals surface area (Å²) >= 11 is 0. The van der Waals surface area contributed by atoms with E-state index in [2.05, 4.69) is 11.3 Å². The molecule has 3 unspecified atom stereocenters. The molecule has 0 aromatic rings. The van der Waals surface area contributed by atoms with Gasteiger partial charge in [-0.3, -0.25) is 0 Å². The summed E-state index contributed by atoms with van der Waals surface area (Å²) in [6.45, 7) is 1.97. The third-order valence-corrected chi connectivity index (χ3v) is 2.90. The van der Waals surface area contributed by atoms with Gasteiger partial charge in [0, 0.05) is 0 Å². The fourth-order valence-corrected chi connectivity index (χ4v) is 1.57. The average Bonchev–Trinajstić information content (AvgIpc) is 2.45. The minimum Gasteiger partial charge on any atom is -0.459 e. The van der Waals surface area contributed by atoms with Crippen molar-refractivity contribution in [3.05, 3.63) is 12.2 Å². The zero-order valence-corrected chi connectivity index (χ0v) is 10.5. The Kier molecular flexibility index (Phi) is 6.02. The molecule has 116 valence electrons. The van der Waals surface area contributed by atoms with Crippen LogP contribution in [0.1, 0.15) is 0 Å². The van der Waals surface area contributed by atoms with Crippen LogP contribution in [0.5, 0.6) is 0 Å². The Morgan fingerprint density at radius 1 is 1.20 bits per heavy atom. The topological polar surface area (TPSA) is 157 Å². The van der Waals surface area contributed by atoms with Crippen LogP contribution in [0.4, 0.5) is 0 Å². The molecule has 20 heavy (non-hydrogen) atoms. The second kappa shape index (κ2) is 7.09. The van der Waals surface area contributed by atoms with E-state index in [1.165, 1.54) is 0 Å². The Labute approximate surface area is 114 Å². The largest absolute Gasteiger partial charge is 0.459 e. The number of ether oxygens (including phenoxy) is 2. The highest BCUT2D eigenvalue weighted by Gasteiger charge is 2.43. The molecule has 6 atom stereocenters. The van der Waals surface area contributed by atoms with E-state index in [-0.39, 0.29) is 5.57 Å². The van der Waals surface area contributed by atoms with Crippen molar-refractivity contribution in [1.29, 1.82) is 0 Å². The van der Waals surface area contributed by atoms with E-state index < -0.39 is 56.0 Å². The van der Waals surface area contributed by atoms with Crippen LogP contribution in [0, 0.1) is 0 Å². The quantitative estimate of drug-likeness (QED) is 0.221. The molecule has 1 aliphatic heterocycles. The smallest absolute Gasteiger partial charge is 0.336 e. The molecule has 0 amide bonds. The number of carbonyl (C=O) groups excluding carboxylic acids is 1. The maximum atomic E-state index is 11.4. The van der Waals surface area contributed by atoms with Gasteiger partial charge in [0.1, 0.15) is 37.1 Å². The molecule has 1 saturated heterocycles. The van der Waals surface area contributed by atoms with Crippen molar-refractivity contribution in [2.24, 2.45) is 0 Å². The fourth-order valence-electron chi connectivity index (χ4n) is 1.57. The summed E-state index contributed by atoms with van der Waals surface area (Å²) in [7, 11) is 0. The van der Waals surface area contributed by atoms with E-state index in [1.807, 2.05) is 0 Å². The Morgan fingerprint density at radius 3 is 2.35 bits per heavy atom. The number of aliphatic hydroxyl groups excluding tert-OH is 6. The highest BCUT2D eigenvalue weighted by Crippen LogP contribution is 2.20. The number of hydrogen-bond acceptors (Lipinski definition) is 9. The predicted octanol–water partition coefficient (Wildman–Crippen LogP) is -3.76. The van der Waals surface area contributed by atoms with Crippen molar-refractivity contribution >= 4 is 5.97 Å².